The Morgan fingerprint density at radius 1 is 1.27 bits per heavy atom. The van der Waals surface area contributed by atoms with Crippen molar-refractivity contribution < 1.29 is 0 Å². The molecule has 0 aromatic heterocycles. The van der Waals surface area contributed by atoms with Crippen LogP contribution >= 0.6 is 0 Å². The molecular weight excluding hydrogens is 184 g/mol. The second-order valence-electron chi connectivity index (χ2n) is 5.06. The van der Waals surface area contributed by atoms with Crippen LogP contribution in [0.25, 0.3) is 0 Å². The van der Waals surface area contributed by atoms with E-state index in [1.807, 2.05) is 0 Å². The van der Waals surface area contributed by atoms with Gasteiger partial charge < -0.3 is 5.73 Å². The van der Waals surface area contributed by atoms with Gasteiger partial charge in [-0.1, -0.05) is 20.3 Å². The molecular formula is C13H28N2. The fraction of sp³-hybridized carbons (Fsp3) is 1.00. The lowest BCUT2D eigenvalue weighted by Crippen LogP contribution is -2.37. The third kappa shape index (κ3) is 3.76. The Kier molecular flexibility index (Phi) is 5.62. The largest absolute Gasteiger partial charge is 0.328 e. The third-order valence-corrected chi connectivity index (χ3v) is 3.84. The molecule has 15 heavy (non-hydrogen) atoms. The Morgan fingerprint density at radius 3 is 2.60 bits per heavy atom. The number of hydrogen-bond donors (Lipinski definition) is 1. The molecule has 0 amide bonds. The third-order valence-electron chi connectivity index (χ3n) is 3.84. The van der Waals surface area contributed by atoms with Crippen LogP contribution in [-0.4, -0.2) is 29.6 Å². The lowest BCUT2D eigenvalue weighted by molar-refractivity contribution is 0.190. The molecule has 0 spiro atoms. The zero-order valence-corrected chi connectivity index (χ0v) is 10.7. The van der Waals surface area contributed by atoms with Gasteiger partial charge in [-0.25, -0.2) is 0 Å². The molecule has 0 bridgehead atoms. The van der Waals surface area contributed by atoms with Crippen molar-refractivity contribution in [3.8, 4) is 0 Å². The number of rotatable bonds is 6. The van der Waals surface area contributed by atoms with Gasteiger partial charge in [0.15, 0.2) is 0 Å². The molecule has 3 atom stereocenters. The number of nitrogens with two attached hydrogens (primary N) is 1. The van der Waals surface area contributed by atoms with Crippen LogP contribution in [0, 0.1) is 0 Å². The summed E-state index contributed by atoms with van der Waals surface area (Å²) in [6.07, 6.45) is 7.64. The van der Waals surface area contributed by atoms with Gasteiger partial charge in [0, 0.05) is 24.7 Å². The van der Waals surface area contributed by atoms with E-state index in [0.29, 0.717) is 6.04 Å². The van der Waals surface area contributed by atoms with E-state index in [-0.39, 0.29) is 0 Å². The quantitative estimate of drug-likeness (QED) is 0.733. The fourth-order valence-electron chi connectivity index (χ4n) is 2.80. The molecule has 1 fully saturated rings. The lowest BCUT2D eigenvalue weighted by Gasteiger charge is -2.28. The first-order valence-electron chi connectivity index (χ1n) is 6.70. The van der Waals surface area contributed by atoms with Gasteiger partial charge in [-0.2, -0.15) is 0 Å². The normalized spacial score (nSPS) is 29.6. The Labute approximate surface area is 95.2 Å². The molecule has 0 aliphatic carbocycles. The average molecular weight is 212 g/mol. The molecule has 2 N–H and O–H groups in total. The zero-order chi connectivity index (χ0) is 11.3. The zero-order valence-electron chi connectivity index (χ0n) is 10.7. The topological polar surface area (TPSA) is 29.3 Å². The lowest BCUT2D eigenvalue weighted by atomic mass is 10.1. The first-order valence-corrected chi connectivity index (χ1v) is 6.70. The van der Waals surface area contributed by atoms with Crippen LogP contribution in [0.4, 0.5) is 0 Å². The minimum Gasteiger partial charge on any atom is -0.328 e. The van der Waals surface area contributed by atoms with Gasteiger partial charge in [0.2, 0.25) is 0 Å². The second kappa shape index (κ2) is 6.49. The minimum absolute atomic E-state index is 0.417. The minimum atomic E-state index is 0.417. The average Bonchev–Trinajstić information content (AvgIpc) is 2.57. The van der Waals surface area contributed by atoms with Crippen molar-refractivity contribution in [1.29, 1.82) is 0 Å². The van der Waals surface area contributed by atoms with Gasteiger partial charge in [-0.15, -0.1) is 0 Å². The fourth-order valence-corrected chi connectivity index (χ4v) is 2.80. The molecule has 2 nitrogen and oxygen atoms in total. The summed E-state index contributed by atoms with van der Waals surface area (Å²) in [5.41, 5.74) is 6.07. The van der Waals surface area contributed by atoms with Gasteiger partial charge in [0.05, 0.1) is 0 Å². The Morgan fingerprint density at radius 2 is 2.00 bits per heavy atom. The molecule has 0 aromatic rings. The first kappa shape index (κ1) is 13.0. The van der Waals surface area contributed by atoms with Crippen LogP contribution in [0.2, 0.25) is 0 Å². The van der Waals surface area contributed by atoms with Gasteiger partial charge in [-0.3, -0.25) is 4.90 Å². The molecule has 1 rings (SSSR count). The molecule has 3 unspecified atom stereocenters. The van der Waals surface area contributed by atoms with Crippen molar-refractivity contribution in [3.05, 3.63) is 0 Å². The first-order chi connectivity index (χ1) is 7.19. The maximum absolute atomic E-state index is 6.07. The van der Waals surface area contributed by atoms with E-state index in [2.05, 4.69) is 25.7 Å². The molecule has 2 heteroatoms. The van der Waals surface area contributed by atoms with Gasteiger partial charge in [0.1, 0.15) is 0 Å². The van der Waals surface area contributed by atoms with Crippen molar-refractivity contribution >= 4 is 0 Å². The van der Waals surface area contributed by atoms with E-state index in [1.54, 1.807) is 0 Å². The van der Waals surface area contributed by atoms with E-state index in [1.165, 1.54) is 45.1 Å². The highest BCUT2D eigenvalue weighted by molar-refractivity contribution is 4.84. The Bertz CT molecular complexity index is 170. The van der Waals surface area contributed by atoms with E-state index in [0.717, 1.165) is 12.1 Å². The van der Waals surface area contributed by atoms with Crippen LogP contribution in [-0.2, 0) is 0 Å². The van der Waals surface area contributed by atoms with Crippen LogP contribution in [0.3, 0.4) is 0 Å². The summed E-state index contributed by atoms with van der Waals surface area (Å²) in [5, 5.41) is 0. The molecule has 1 heterocycles. The van der Waals surface area contributed by atoms with Crippen molar-refractivity contribution in [3.63, 3.8) is 0 Å². The summed E-state index contributed by atoms with van der Waals surface area (Å²) in [7, 11) is 0. The number of nitrogens with zero attached hydrogens (tertiary/aromatic N) is 1. The van der Waals surface area contributed by atoms with Crippen molar-refractivity contribution in [2.45, 2.75) is 77.4 Å². The summed E-state index contributed by atoms with van der Waals surface area (Å²) in [6, 6.07) is 2.03. The summed E-state index contributed by atoms with van der Waals surface area (Å²) in [4.78, 5) is 2.68. The Hall–Kier alpha value is -0.0800. The van der Waals surface area contributed by atoms with Crippen LogP contribution in [0.15, 0.2) is 0 Å². The van der Waals surface area contributed by atoms with Crippen LogP contribution in [0.5, 0.6) is 0 Å². The van der Waals surface area contributed by atoms with E-state index >= 15 is 0 Å². The Balaban J connectivity index is 2.29. The maximum Gasteiger partial charge on any atom is 0.00960 e. The van der Waals surface area contributed by atoms with Crippen molar-refractivity contribution in [2.75, 3.05) is 6.54 Å². The summed E-state index contributed by atoms with van der Waals surface area (Å²) in [6.45, 7) is 8.09. The summed E-state index contributed by atoms with van der Waals surface area (Å²) >= 11 is 0. The van der Waals surface area contributed by atoms with Gasteiger partial charge in [-0.05, 0) is 39.0 Å². The summed E-state index contributed by atoms with van der Waals surface area (Å²) in [5.74, 6) is 0. The second-order valence-corrected chi connectivity index (χ2v) is 5.06. The highest BCUT2D eigenvalue weighted by Gasteiger charge is 2.28. The predicted molar refractivity (Wildman–Crippen MR) is 67.0 cm³/mol. The molecule has 1 aliphatic rings. The highest BCUT2D eigenvalue weighted by Crippen LogP contribution is 2.26. The van der Waals surface area contributed by atoms with E-state index in [9.17, 15) is 0 Å². The van der Waals surface area contributed by atoms with Crippen molar-refractivity contribution in [1.82, 2.24) is 4.90 Å². The molecule has 1 aliphatic heterocycles. The standard InChI is InChI=1S/C13H28N2/c1-4-6-12(14)9-10-15-11(3)7-8-13(15)5-2/h11-13H,4-10,14H2,1-3H3. The maximum atomic E-state index is 6.07. The monoisotopic (exact) mass is 212 g/mol. The van der Waals surface area contributed by atoms with Crippen LogP contribution in [0.1, 0.15) is 59.3 Å². The molecule has 1 saturated heterocycles. The molecule has 90 valence electrons. The van der Waals surface area contributed by atoms with Crippen LogP contribution < -0.4 is 5.73 Å². The van der Waals surface area contributed by atoms with Crippen molar-refractivity contribution in [2.24, 2.45) is 5.73 Å². The van der Waals surface area contributed by atoms with Gasteiger partial charge in [0.25, 0.3) is 0 Å². The molecule has 0 radical (unpaired) electrons. The predicted octanol–water partition coefficient (Wildman–Crippen LogP) is 2.77. The van der Waals surface area contributed by atoms with E-state index in [4.69, 9.17) is 5.73 Å². The molecule has 0 saturated carbocycles. The number of hydrogen-bond acceptors (Lipinski definition) is 2. The molecule has 0 aromatic carbocycles. The van der Waals surface area contributed by atoms with Gasteiger partial charge >= 0.3 is 0 Å². The number of likely N-dealkylation sites (tertiary alicyclic amines) is 1. The summed E-state index contributed by atoms with van der Waals surface area (Å²) < 4.78 is 0. The SMILES string of the molecule is CCCC(N)CCN1C(C)CCC1CC. The highest BCUT2D eigenvalue weighted by atomic mass is 15.2. The smallest absolute Gasteiger partial charge is 0.00960 e. The van der Waals surface area contributed by atoms with E-state index < -0.39 is 0 Å².